The molecule has 1 atom stereocenters. The first-order valence-electron chi connectivity index (χ1n) is 10.3. The highest BCUT2D eigenvalue weighted by Gasteiger charge is 2.23. The van der Waals surface area contributed by atoms with E-state index in [0.29, 0.717) is 47.1 Å². The number of aromatic nitrogens is 3. The maximum Gasteiger partial charge on any atom is 0.234 e. The molecule has 168 valence electrons. The Morgan fingerprint density at radius 2 is 2.09 bits per heavy atom. The number of nitrogens with one attached hydrogen (secondary N) is 1. The number of thiophene rings is 1. The van der Waals surface area contributed by atoms with Crippen LogP contribution in [0.15, 0.2) is 34.8 Å². The van der Waals surface area contributed by atoms with Gasteiger partial charge in [-0.1, -0.05) is 29.4 Å². The van der Waals surface area contributed by atoms with Gasteiger partial charge in [0.25, 0.3) is 0 Å². The average molecular weight is 493 g/mol. The maximum atomic E-state index is 12.7. The molecule has 1 aromatic carbocycles. The van der Waals surface area contributed by atoms with Crippen LogP contribution in [0.5, 0.6) is 11.5 Å². The monoisotopic (exact) mass is 492 g/mol. The summed E-state index contributed by atoms with van der Waals surface area (Å²) in [6.45, 7) is 2.39. The van der Waals surface area contributed by atoms with Crippen molar-refractivity contribution in [2.45, 2.75) is 30.6 Å². The quantitative estimate of drug-likeness (QED) is 0.491. The molecule has 1 fully saturated rings. The molecule has 2 aliphatic rings. The van der Waals surface area contributed by atoms with E-state index in [-0.39, 0.29) is 17.8 Å². The van der Waals surface area contributed by atoms with Crippen molar-refractivity contribution in [3.8, 4) is 22.2 Å². The van der Waals surface area contributed by atoms with E-state index in [1.165, 1.54) is 11.8 Å². The molecule has 0 radical (unpaired) electrons. The predicted molar refractivity (Wildman–Crippen MR) is 124 cm³/mol. The highest BCUT2D eigenvalue weighted by molar-refractivity contribution is 7.99. The Bertz CT molecular complexity index is 1100. The number of benzene rings is 1. The van der Waals surface area contributed by atoms with E-state index >= 15 is 0 Å². The molecular weight excluding hydrogens is 472 g/mol. The van der Waals surface area contributed by atoms with E-state index in [4.69, 9.17) is 25.8 Å². The number of hydrogen-bond acceptors (Lipinski definition) is 8. The van der Waals surface area contributed by atoms with E-state index in [9.17, 15) is 4.79 Å². The molecule has 4 heterocycles. The zero-order chi connectivity index (χ0) is 21.9. The number of hydrogen-bond donors (Lipinski definition) is 1. The molecule has 8 nitrogen and oxygen atoms in total. The fourth-order valence-electron chi connectivity index (χ4n) is 3.62. The Morgan fingerprint density at radius 1 is 1.25 bits per heavy atom. The van der Waals surface area contributed by atoms with Crippen LogP contribution in [0.25, 0.3) is 10.7 Å². The SMILES string of the molecule is O=C(CSc1nnc(-c2cccs2)n1C[C@H]1CCCO1)Nc1cc2c(cc1Cl)OCCO2. The van der Waals surface area contributed by atoms with E-state index in [2.05, 4.69) is 20.1 Å². The third-order valence-electron chi connectivity index (χ3n) is 5.11. The number of anilines is 1. The lowest BCUT2D eigenvalue weighted by molar-refractivity contribution is -0.113. The lowest BCUT2D eigenvalue weighted by atomic mass is 10.2. The Balaban J connectivity index is 1.28. The minimum Gasteiger partial charge on any atom is -0.486 e. The van der Waals surface area contributed by atoms with Crippen molar-refractivity contribution in [1.82, 2.24) is 14.8 Å². The average Bonchev–Trinajstić information content (AvgIpc) is 3.56. The molecule has 1 amide bonds. The molecule has 0 saturated carbocycles. The number of halogens is 1. The summed E-state index contributed by atoms with van der Waals surface area (Å²) in [5.41, 5.74) is 0.488. The standard InChI is InChI=1S/C21H21ClN4O4S2/c22-14-9-16-17(30-7-6-29-16)10-15(14)23-19(27)12-32-21-25-24-20(18-4-2-8-31-18)26(21)11-13-3-1-5-28-13/h2,4,8-10,13H,1,3,5-7,11-12H2,(H,23,27)/t13-/m1/s1. The summed E-state index contributed by atoms with van der Waals surface area (Å²) in [6, 6.07) is 7.35. The Morgan fingerprint density at radius 3 is 2.84 bits per heavy atom. The summed E-state index contributed by atoms with van der Waals surface area (Å²) in [5.74, 6) is 1.92. The van der Waals surface area contributed by atoms with E-state index in [0.717, 1.165) is 30.2 Å². The number of nitrogens with zero attached hydrogens (tertiary/aromatic N) is 3. The number of carbonyl (C=O) groups excluding carboxylic acids is 1. The van der Waals surface area contributed by atoms with Gasteiger partial charge in [-0.05, 0) is 24.3 Å². The van der Waals surface area contributed by atoms with Gasteiger partial charge in [0.1, 0.15) is 13.2 Å². The van der Waals surface area contributed by atoms with Crippen molar-refractivity contribution in [3.63, 3.8) is 0 Å². The predicted octanol–water partition coefficient (Wildman–Crippen LogP) is 4.34. The van der Waals surface area contributed by atoms with Crippen LogP contribution < -0.4 is 14.8 Å². The molecule has 0 spiro atoms. The summed E-state index contributed by atoms with van der Waals surface area (Å²) < 4.78 is 19.0. The second-order valence-electron chi connectivity index (χ2n) is 7.34. The fourth-order valence-corrected chi connectivity index (χ4v) is 5.28. The summed E-state index contributed by atoms with van der Waals surface area (Å²) >= 11 is 9.26. The van der Waals surface area contributed by atoms with Gasteiger partial charge < -0.3 is 19.5 Å². The summed E-state index contributed by atoms with van der Waals surface area (Å²) in [6.07, 6.45) is 2.20. The number of amides is 1. The number of ether oxygens (including phenoxy) is 3. The molecule has 0 unspecified atom stereocenters. The molecule has 3 aromatic rings. The van der Waals surface area contributed by atoms with E-state index < -0.39 is 0 Å². The Hall–Kier alpha value is -2.27. The van der Waals surface area contributed by atoms with Crippen LogP contribution in [0.4, 0.5) is 5.69 Å². The van der Waals surface area contributed by atoms with Crippen LogP contribution >= 0.6 is 34.7 Å². The second kappa shape index (κ2) is 9.70. The molecule has 11 heteroatoms. The minimum atomic E-state index is -0.196. The van der Waals surface area contributed by atoms with Crippen LogP contribution in [0, 0.1) is 0 Å². The van der Waals surface area contributed by atoms with Crippen LogP contribution in [-0.2, 0) is 16.1 Å². The van der Waals surface area contributed by atoms with Crippen molar-refractivity contribution in [1.29, 1.82) is 0 Å². The molecule has 2 aromatic heterocycles. The number of rotatable bonds is 7. The van der Waals surface area contributed by atoms with Crippen LogP contribution in [0.1, 0.15) is 12.8 Å². The summed E-state index contributed by atoms with van der Waals surface area (Å²) in [7, 11) is 0. The van der Waals surface area contributed by atoms with Crippen molar-refractivity contribution in [2.24, 2.45) is 0 Å². The van der Waals surface area contributed by atoms with Crippen molar-refractivity contribution in [3.05, 3.63) is 34.7 Å². The molecule has 2 aliphatic heterocycles. The number of fused-ring (bicyclic) bond motifs is 1. The second-order valence-corrected chi connectivity index (χ2v) is 9.64. The van der Waals surface area contributed by atoms with Gasteiger partial charge in [-0.3, -0.25) is 9.36 Å². The third-order valence-corrected chi connectivity index (χ3v) is 7.25. The molecule has 5 rings (SSSR count). The maximum absolute atomic E-state index is 12.7. The third kappa shape index (κ3) is 4.73. The Labute approximate surface area is 198 Å². The summed E-state index contributed by atoms with van der Waals surface area (Å²) in [5, 5.41) is 14.7. The highest BCUT2D eigenvalue weighted by atomic mass is 35.5. The summed E-state index contributed by atoms with van der Waals surface area (Å²) in [4.78, 5) is 13.7. The van der Waals surface area contributed by atoms with Gasteiger partial charge in [-0.2, -0.15) is 0 Å². The minimum absolute atomic E-state index is 0.134. The first kappa shape index (κ1) is 21.6. The van der Waals surface area contributed by atoms with Gasteiger partial charge in [0.05, 0.1) is 34.0 Å². The largest absolute Gasteiger partial charge is 0.486 e. The van der Waals surface area contributed by atoms with Gasteiger partial charge in [0.2, 0.25) is 5.91 Å². The van der Waals surface area contributed by atoms with Gasteiger partial charge in [0, 0.05) is 18.7 Å². The normalized spacial score (nSPS) is 17.5. The number of thioether (sulfide) groups is 1. The van der Waals surface area contributed by atoms with Crippen molar-refractivity contribution >= 4 is 46.3 Å². The van der Waals surface area contributed by atoms with Crippen molar-refractivity contribution < 1.29 is 19.0 Å². The molecule has 32 heavy (non-hydrogen) atoms. The lowest BCUT2D eigenvalue weighted by Crippen LogP contribution is -2.19. The van der Waals surface area contributed by atoms with E-state index in [1.807, 2.05) is 17.5 Å². The zero-order valence-electron chi connectivity index (χ0n) is 17.1. The number of carbonyl (C=O) groups is 1. The topological polar surface area (TPSA) is 87.5 Å². The van der Waals surface area contributed by atoms with Gasteiger partial charge in [-0.25, -0.2) is 0 Å². The first-order chi connectivity index (χ1) is 15.7. The molecule has 1 N–H and O–H groups in total. The van der Waals surface area contributed by atoms with Crippen LogP contribution in [0.3, 0.4) is 0 Å². The molecular formula is C21H21ClN4O4S2. The zero-order valence-corrected chi connectivity index (χ0v) is 19.5. The van der Waals surface area contributed by atoms with Crippen molar-refractivity contribution in [2.75, 3.05) is 30.9 Å². The molecule has 0 aliphatic carbocycles. The highest BCUT2D eigenvalue weighted by Crippen LogP contribution is 2.38. The van der Waals surface area contributed by atoms with Crippen LogP contribution in [-0.4, -0.2) is 52.3 Å². The van der Waals surface area contributed by atoms with Gasteiger partial charge in [0.15, 0.2) is 22.5 Å². The molecule has 1 saturated heterocycles. The van der Waals surface area contributed by atoms with Gasteiger partial charge in [-0.15, -0.1) is 21.5 Å². The molecule has 0 bridgehead atoms. The smallest absolute Gasteiger partial charge is 0.234 e. The Kier molecular flexibility index (Phi) is 6.54. The van der Waals surface area contributed by atoms with Gasteiger partial charge >= 0.3 is 0 Å². The fraction of sp³-hybridized carbons (Fsp3) is 0.381. The lowest BCUT2D eigenvalue weighted by Gasteiger charge is -2.20. The van der Waals surface area contributed by atoms with Crippen LogP contribution in [0.2, 0.25) is 5.02 Å². The first-order valence-corrected chi connectivity index (χ1v) is 12.5. The van der Waals surface area contributed by atoms with E-state index in [1.54, 1.807) is 23.5 Å².